The van der Waals surface area contributed by atoms with Crippen molar-refractivity contribution in [3.8, 4) is 0 Å². The van der Waals surface area contributed by atoms with Gasteiger partial charge in [-0.15, -0.1) is 0 Å². The minimum absolute atomic E-state index is 0.263. The molecule has 0 bridgehead atoms. The molecule has 0 spiro atoms. The number of aromatic nitrogens is 3. The lowest BCUT2D eigenvalue weighted by Crippen LogP contribution is -2.23. The number of nitrogens with zero attached hydrogens (tertiary/aromatic N) is 3. The van der Waals surface area contributed by atoms with E-state index in [-0.39, 0.29) is 12.4 Å². The molecule has 0 aliphatic rings. The van der Waals surface area contributed by atoms with E-state index in [1.54, 1.807) is 29.2 Å². The van der Waals surface area contributed by atoms with Crippen molar-refractivity contribution in [2.45, 2.75) is 33.5 Å². The van der Waals surface area contributed by atoms with Crippen molar-refractivity contribution in [1.29, 1.82) is 0 Å². The fourth-order valence-corrected chi connectivity index (χ4v) is 4.18. The number of rotatable bonds is 9. The number of aryl methyl sites for hydroxylation is 2. The third kappa shape index (κ3) is 5.57. The third-order valence-electron chi connectivity index (χ3n) is 6.18. The van der Waals surface area contributed by atoms with Crippen LogP contribution >= 0.6 is 0 Å². The Labute approximate surface area is 209 Å². The summed E-state index contributed by atoms with van der Waals surface area (Å²) in [5.41, 5.74) is 23.3. The van der Waals surface area contributed by atoms with E-state index in [9.17, 15) is 4.39 Å². The van der Waals surface area contributed by atoms with Gasteiger partial charge in [0.15, 0.2) is 0 Å². The number of hydrogen-bond donors (Lipinski definition) is 5. The van der Waals surface area contributed by atoms with Crippen molar-refractivity contribution >= 4 is 16.6 Å². The number of halogens is 1. The topological polar surface area (TPSA) is 133 Å². The lowest BCUT2D eigenvalue weighted by molar-refractivity contribution is 0.595. The molecule has 36 heavy (non-hydrogen) atoms. The van der Waals surface area contributed by atoms with Gasteiger partial charge in [-0.1, -0.05) is 12.1 Å². The van der Waals surface area contributed by atoms with Crippen LogP contribution in [0.2, 0.25) is 0 Å². The van der Waals surface area contributed by atoms with Gasteiger partial charge in [-0.05, 0) is 65.8 Å². The summed E-state index contributed by atoms with van der Waals surface area (Å²) in [6, 6.07) is 11.0. The number of hydrogen-bond acceptors (Lipinski definition) is 7. The molecular formula is C27H31FN8. The van der Waals surface area contributed by atoms with Gasteiger partial charge in [0.05, 0.1) is 18.1 Å². The second kappa shape index (κ2) is 10.8. The molecule has 2 aromatic carbocycles. The van der Waals surface area contributed by atoms with E-state index in [0.717, 1.165) is 33.0 Å². The Bertz CT molecular complexity index is 1420. The van der Waals surface area contributed by atoms with Gasteiger partial charge in [-0.3, -0.25) is 4.68 Å². The SMILES string of the molecule is Cc1cc2c(N)nccc2c(C)c1CN/C(N)=C/C(=C\N)NCc1ccc(Cn2cccn2)cc1F. The Hall–Kier alpha value is -4.53. The van der Waals surface area contributed by atoms with E-state index >= 15 is 0 Å². The summed E-state index contributed by atoms with van der Waals surface area (Å²) >= 11 is 0. The molecule has 0 fully saturated rings. The summed E-state index contributed by atoms with van der Waals surface area (Å²) in [5.74, 6) is 0.657. The second-order valence-electron chi connectivity index (χ2n) is 8.65. The van der Waals surface area contributed by atoms with E-state index in [4.69, 9.17) is 17.2 Å². The monoisotopic (exact) mass is 486 g/mol. The molecule has 8 nitrogen and oxygen atoms in total. The molecule has 0 amide bonds. The van der Waals surface area contributed by atoms with Crippen LogP contribution < -0.4 is 27.8 Å². The first kappa shape index (κ1) is 24.6. The molecule has 0 atom stereocenters. The Morgan fingerprint density at radius 3 is 2.64 bits per heavy atom. The molecule has 0 saturated heterocycles. The largest absolute Gasteiger partial charge is 0.403 e. The fraction of sp³-hybridized carbons (Fsp3) is 0.185. The van der Waals surface area contributed by atoms with Crippen LogP contribution in [0.5, 0.6) is 0 Å². The third-order valence-corrected chi connectivity index (χ3v) is 6.18. The van der Waals surface area contributed by atoms with Gasteiger partial charge in [0.25, 0.3) is 0 Å². The van der Waals surface area contributed by atoms with Crippen molar-refractivity contribution in [3.63, 3.8) is 0 Å². The summed E-state index contributed by atoms with van der Waals surface area (Å²) in [7, 11) is 0. The highest BCUT2D eigenvalue weighted by Gasteiger charge is 2.10. The Balaban J connectivity index is 1.38. The van der Waals surface area contributed by atoms with Crippen LogP contribution in [-0.2, 0) is 19.6 Å². The number of nitrogens with one attached hydrogen (secondary N) is 2. The van der Waals surface area contributed by atoms with Crippen molar-refractivity contribution in [1.82, 2.24) is 25.4 Å². The van der Waals surface area contributed by atoms with Crippen LogP contribution in [0.1, 0.15) is 27.8 Å². The van der Waals surface area contributed by atoms with Crippen LogP contribution in [0.3, 0.4) is 0 Å². The Kier molecular flexibility index (Phi) is 7.39. The van der Waals surface area contributed by atoms with Gasteiger partial charge in [0.1, 0.15) is 11.6 Å². The van der Waals surface area contributed by atoms with E-state index in [2.05, 4.69) is 27.6 Å². The zero-order valence-corrected chi connectivity index (χ0v) is 20.4. The smallest absolute Gasteiger partial charge is 0.131 e. The lowest BCUT2D eigenvalue weighted by atomic mass is 9.96. The van der Waals surface area contributed by atoms with Gasteiger partial charge >= 0.3 is 0 Å². The standard InChI is InChI=1S/C27H31FN8/c1-17-10-23-22(6-8-32-27(23)31)18(2)24(17)15-34-26(30)12-21(13-29)33-14-20-5-4-19(11-25(20)28)16-36-9-3-7-35-36/h3-13,33-34H,14-16,29-30H2,1-2H3,(H2,31,32)/b21-13+,26-12+. The second-order valence-corrected chi connectivity index (χ2v) is 8.65. The van der Waals surface area contributed by atoms with Gasteiger partial charge < -0.3 is 27.8 Å². The zero-order chi connectivity index (χ0) is 25.7. The summed E-state index contributed by atoms with van der Waals surface area (Å²) in [6.07, 6.45) is 8.34. The molecular weight excluding hydrogens is 455 g/mol. The van der Waals surface area contributed by atoms with E-state index < -0.39 is 0 Å². The van der Waals surface area contributed by atoms with Crippen molar-refractivity contribution in [2.75, 3.05) is 5.73 Å². The number of nitrogens with two attached hydrogens (primary N) is 3. The summed E-state index contributed by atoms with van der Waals surface area (Å²) < 4.78 is 16.4. The quantitative estimate of drug-likeness (QED) is 0.229. The van der Waals surface area contributed by atoms with Crippen molar-refractivity contribution in [3.05, 3.63) is 112 Å². The molecule has 4 rings (SSSR count). The average Bonchev–Trinajstić information content (AvgIpc) is 3.36. The van der Waals surface area contributed by atoms with Crippen molar-refractivity contribution in [2.24, 2.45) is 11.5 Å². The molecule has 0 aliphatic carbocycles. The molecule has 2 heterocycles. The average molecular weight is 487 g/mol. The highest BCUT2D eigenvalue weighted by atomic mass is 19.1. The van der Waals surface area contributed by atoms with Gasteiger partial charge in [-0.2, -0.15) is 5.10 Å². The van der Waals surface area contributed by atoms with E-state index in [1.165, 1.54) is 12.3 Å². The molecule has 0 aliphatic heterocycles. The first-order valence-corrected chi connectivity index (χ1v) is 11.6. The predicted molar refractivity (Wildman–Crippen MR) is 142 cm³/mol. The molecule has 4 aromatic rings. The number of benzene rings is 2. The zero-order valence-electron chi connectivity index (χ0n) is 20.4. The predicted octanol–water partition coefficient (Wildman–Crippen LogP) is 3.30. The normalized spacial score (nSPS) is 12.2. The summed E-state index contributed by atoms with van der Waals surface area (Å²) in [6.45, 7) is 5.41. The maximum Gasteiger partial charge on any atom is 0.131 e. The van der Waals surface area contributed by atoms with Crippen LogP contribution in [0.15, 0.2) is 78.8 Å². The first-order valence-electron chi connectivity index (χ1n) is 11.6. The Morgan fingerprint density at radius 2 is 1.92 bits per heavy atom. The fourth-order valence-electron chi connectivity index (χ4n) is 4.18. The molecule has 9 heteroatoms. The number of nitrogen functional groups attached to an aromatic ring is 1. The minimum Gasteiger partial charge on any atom is -0.403 e. The number of pyridine rings is 1. The van der Waals surface area contributed by atoms with E-state index in [0.29, 0.717) is 36.0 Å². The molecule has 0 saturated carbocycles. The number of allylic oxidation sites excluding steroid dienone is 1. The number of fused-ring (bicyclic) bond motifs is 1. The van der Waals surface area contributed by atoms with Gasteiger partial charge in [-0.25, -0.2) is 9.37 Å². The van der Waals surface area contributed by atoms with Gasteiger partial charge in [0, 0.05) is 54.9 Å². The van der Waals surface area contributed by atoms with E-state index in [1.807, 2.05) is 37.4 Å². The maximum atomic E-state index is 14.6. The molecule has 8 N–H and O–H groups in total. The van der Waals surface area contributed by atoms with Crippen LogP contribution in [0.4, 0.5) is 10.2 Å². The summed E-state index contributed by atoms with van der Waals surface area (Å²) in [4.78, 5) is 4.18. The van der Waals surface area contributed by atoms with Crippen molar-refractivity contribution < 1.29 is 4.39 Å². The summed E-state index contributed by atoms with van der Waals surface area (Å²) in [5, 5.41) is 12.5. The molecule has 0 unspecified atom stereocenters. The van der Waals surface area contributed by atoms with Crippen LogP contribution in [0.25, 0.3) is 10.8 Å². The highest BCUT2D eigenvalue weighted by molar-refractivity contribution is 5.94. The molecule has 2 aromatic heterocycles. The van der Waals surface area contributed by atoms with Crippen LogP contribution in [-0.4, -0.2) is 14.8 Å². The minimum atomic E-state index is -0.295. The highest BCUT2D eigenvalue weighted by Crippen LogP contribution is 2.27. The molecule has 186 valence electrons. The lowest BCUT2D eigenvalue weighted by Gasteiger charge is -2.16. The first-order chi connectivity index (χ1) is 17.4. The van der Waals surface area contributed by atoms with Crippen LogP contribution in [0, 0.1) is 19.7 Å². The molecule has 0 radical (unpaired) electrons. The number of anilines is 1. The van der Waals surface area contributed by atoms with Gasteiger partial charge in [0.2, 0.25) is 0 Å². The Morgan fingerprint density at radius 1 is 1.08 bits per heavy atom. The maximum absolute atomic E-state index is 14.6.